The van der Waals surface area contributed by atoms with Crippen molar-refractivity contribution in [1.29, 1.82) is 0 Å². The molecule has 1 rings (SSSR count). The van der Waals surface area contributed by atoms with Gasteiger partial charge in [-0.1, -0.05) is 6.08 Å². The lowest BCUT2D eigenvalue weighted by Gasteiger charge is -2.00. The SMILES string of the molecule is COC(=O)C1=CCCCC(=O)C1. The van der Waals surface area contributed by atoms with Gasteiger partial charge in [0.25, 0.3) is 0 Å². The average Bonchev–Trinajstić information content (AvgIpc) is 2.28. The predicted octanol–water partition coefficient (Wildman–Crippen LogP) is 1.23. The van der Waals surface area contributed by atoms with Gasteiger partial charge in [0.15, 0.2) is 0 Å². The number of ketones is 1. The van der Waals surface area contributed by atoms with Gasteiger partial charge in [0, 0.05) is 18.4 Å². The van der Waals surface area contributed by atoms with Crippen LogP contribution in [0.25, 0.3) is 0 Å². The summed E-state index contributed by atoms with van der Waals surface area (Å²) < 4.78 is 4.53. The second-order valence-electron chi connectivity index (χ2n) is 2.83. The number of carbonyl (C=O) groups is 2. The van der Waals surface area contributed by atoms with E-state index in [1.807, 2.05) is 0 Å². The number of hydrogen-bond donors (Lipinski definition) is 0. The zero-order chi connectivity index (χ0) is 8.97. The molecule has 0 spiro atoms. The van der Waals surface area contributed by atoms with Crippen LogP contribution >= 0.6 is 0 Å². The van der Waals surface area contributed by atoms with Gasteiger partial charge in [-0.15, -0.1) is 0 Å². The summed E-state index contributed by atoms with van der Waals surface area (Å²) in [6.45, 7) is 0. The van der Waals surface area contributed by atoms with Crippen molar-refractivity contribution in [2.24, 2.45) is 0 Å². The van der Waals surface area contributed by atoms with Gasteiger partial charge in [-0.2, -0.15) is 0 Å². The number of hydrogen-bond acceptors (Lipinski definition) is 3. The Balaban J connectivity index is 2.67. The van der Waals surface area contributed by atoms with Crippen LogP contribution in [0.2, 0.25) is 0 Å². The molecule has 0 aliphatic heterocycles. The van der Waals surface area contributed by atoms with Crippen molar-refractivity contribution in [3.8, 4) is 0 Å². The third-order valence-corrected chi connectivity index (χ3v) is 1.89. The van der Waals surface area contributed by atoms with Crippen LogP contribution < -0.4 is 0 Å². The molecule has 0 heterocycles. The molecule has 3 nitrogen and oxygen atoms in total. The summed E-state index contributed by atoms with van der Waals surface area (Å²) in [5, 5.41) is 0. The summed E-state index contributed by atoms with van der Waals surface area (Å²) in [4.78, 5) is 22.1. The maximum atomic E-state index is 11.1. The first-order valence-electron chi connectivity index (χ1n) is 4.03. The van der Waals surface area contributed by atoms with Crippen molar-refractivity contribution < 1.29 is 14.3 Å². The highest BCUT2D eigenvalue weighted by Crippen LogP contribution is 2.15. The number of rotatable bonds is 1. The van der Waals surface area contributed by atoms with E-state index >= 15 is 0 Å². The van der Waals surface area contributed by atoms with Crippen LogP contribution in [0.3, 0.4) is 0 Å². The molecule has 0 N–H and O–H groups in total. The predicted molar refractivity (Wildman–Crippen MR) is 43.6 cm³/mol. The molecule has 0 aromatic heterocycles. The summed E-state index contributed by atoms with van der Waals surface area (Å²) in [5.41, 5.74) is 0.514. The molecule has 0 saturated carbocycles. The van der Waals surface area contributed by atoms with Crippen molar-refractivity contribution >= 4 is 11.8 Å². The molecular weight excluding hydrogens is 156 g/mol. The van der Waals surface area contributed by atoms with E-state index in [-0.39, 0.29) is 18.2 Å². The molecule has 0 bridgehead atoms. The van der Waals surface area contributed by atoms with Crippen LogP contribution in [0, 0.1) is 0 Å². The Morgan fingerprint density at radius 2 is 2.33 bits per heavy atom. The van der Waals surface area contributed by atoms with Gasteiger partial charge < -0.3 is 4.74 Å². The van der Waals surface area contributed by atoms with E-state index < -0.39 is 0 Å². The second-order valence-corrected chi connectivity index (χ2v) is 2.83. The zero-order valence-corrected chi connectivity index (χ0v) is 7.13. The van der Waals surface area contributed by atoms with Crippen LogP contribution in [-0.4, -0.2) is 18.9 Å². The van der Waals surface area contributed by atoms with Crippen molar-refractivity contribution in [3.05, 3.63) is 11.6 Å². The Morgan fingerprint density at radius 3 is 3.00 bits per heavy atom. The van der Waals surface area contributed by atoms with E-state index in [1.165, 1.54) is 7.11 Å². The first-order valence-corrected chi connectivity index (χ1v) is 4.03. The van der Waals surface area contributed by atoms with Crippen molar-refractivity contribution in [2.45, 2.75) is 25.7 Å². The highest BCUT2D eigenvalue weighted by Gasteiger charge is 2.16. The van der Waals surface area contributed by atoms with E-state index in [2.05, 4.69) is 4.74 Å². The average molecular weight is 168 g/mol. The fraction of sp³-hybridized carbons (Fsp3) is 0.556. The molecule has 0 aromatic rings. The Kier molecular flexibility index (Phi) is 3.02. The molecule has 0 amide bonds. The molecule has 3 heteroatoms. The van der Waals surface area contributed by atoms with Crippen molar-refractivity contribution in [2.75, 3.05) is 7.11 Å². The minimum absolute atomic E-state index is 0.129. The summed E-state index contributed by atoms with van der Waals surface area (Å²) in [5.74, 6) is -0.241. The molecule has 66 valence electrons. The number of carbonyl (C=O) groups excluding carboxylic acids is 2. The molecule has 0 aromatic carbocycles. The quantitative estimate of drug-likeness (QED) is 0.553. The van der Waals surface area contributed by atoms with Gasteiger partial charge in [0.2, 0.25) is 0 Å². The first-order chi connectivity index (χ1) is 5.74. The normalized spacial score (nSPS) is 18.1. The highest BCUT2D eigenvalue weighted by molar-refractivity contribution is 5.96. The van der Waals surface area contributed by atoms with Crippen LogP contribution in [0.15, 0.2) is 11.6 Å². The van der Waals surface area contributed by atoms with Gasteiger partial charge in [-0.05, 0) is 12.8 Å². The fourth-order valence-corrected chi connectivity index (χ4v) is 1.24. The molecule has 0 radical (unpaired) electrons. The Labute approximate surface area is 71.4 Å². The standard InChI is InChI=1S/C9H12O3/c1-12-9(11)7-4-2-3-5-8(10)6-7/h4H,2-3,5-6H2,1H3. The molecule has 0 unspecified atom stereocenters. The largest absolute Gasteiger partial charge is 0.466 e. The fourth-order valence-electron chi connectivity index (χ4n) is 1.24. The smallest absolute Gasteiger partial charge is 0.333 e. The molecule has 0 saturated heterocycles. The summed E-state index contributed by atoms with van der Waals surface area (Å²) in [6, 6.07) is 0. The molecular formula is C9H12O3. The van der Waals surface area contributed by atoms with Crippen LogP contribution in [0.4, 0.5) is 0 Å². The Morgan fingerprint density at radius 1 is 1.58 bits per heavy atom. The molecule has 1 aliphatic rings. The van der Waals surface area contributed by atoms with Gasteiger partial charge in [-0.25, -0.2) is 4.79 Å². The lowest BCUT2D eigenvalue weighted by Crippen LogP contribution is -2.08. The van der Waals surface area contributed by atoms with Gasteiger partial charge in [0.1, 0.15) is 5.78 Å². The maximum Gasteiger partial charge on any atom is 0.333 e. The third-order valence-electron chi connectivity index (χ3n) is 1.89. The van der Waals surface area contributed by atoms with Crippen molar-refractivity contribution in [1.82, 2.24) is 0 Å². The van der Waals surface area contributed by atoms with Gasteiger partial charge >= 0.3 is 5.97 Å². The van der Waals surface area contributed by atoms with Crippen molar-refractivity contribution in [3.63, 3.8) is 0 Å². The van der Waals surface area contributed by atoms with E-state index in [9.17, 15) is 9.59 Å². The summed E-state index contributed by atoms with van der Waals surface area (Å²) >= 11 is 0. The Bertz CT molecular complexity index is 228. The van der Waals surface area contributed by atoms with Gasteiger partial charge in [-0.3, -0.25) is 4.79 Å². The van der Waals surface area contributed by atoms with E-state index in [1.54, 1.807) is 6.08 Å². The lowest BCUT2D eigenvalue weighted by atomic mass is 10.1. The van der Waals surface area contributed by atoms with E-state index in [0.29, 0.717) is 12.0 Å². The number of methoxy groups -OCH3 is 1. The lowest BCUT2D eigenvalue weighted by molar-refractivity contribution is -0.137. The number of ether oxygens (including phenoxy) is 1. The minimum Gasteiger partial charge on any atom is -0.466 e. The minimum atomic E-state index is -0.370. The maximum absolute atomic E-state index is 11.1. The molecule has 0 atom stereocenters. The van der Waals surface area contributed by atoms with E-state index in [0.717, 1.165) is 12.8 Å². The number of allylic oxidation sites excluding steroid dienone is 1. The monoisotopic (exact) mass is 168 g/mol. The zero-order valence-electron chi connectivity index (χ0n) is 7.13. The van der Waals surface area contributed by atoms with Crippen LogP contribution in [0.1, 0.15) is 25.7 Å². The van der Waals surface area contributed by atoms with E-state index in [4.69, 9.17) is 0 Å². The third kappa shape index (κ3) is 2.19. The first kappa shape index (κ1) is 8.97. The topological polar surface area (TPSA) is 43.4 Å². The second kappa shape index (κ2) is 4.04. The number of Topliss-reactive ketones (excluding diaryl/α,β-unsaturated/α-hetero) is 1. The Hall–Kier alpha value is -1.12. The summed E-state index contributed by atoms with van der Waals surface area (Å²) in [6.07, 6.45) is 4.27. The van der Waals surface area contributed by atoms with Crippen LogP contribution in [-0.2, 0) is 14.3 Å². The number of esters is 1. The molecule has 0 fully saturated rings. The molecule has 12 heavy (non-hydrogen) atoms. The summed E-state index contributed by atoms with van der Waals surface area (Å²) in [7, 11) is 1.33. The van der Waals surface area contributed by atoms with Crippen LogP contribution in [0.5, 0.6) is 0 Å². The van der Waals surface area contributed by atoms with Gasteiger partial charge in [0.05, 0.1) is 7.11 Å². The highest BCUT2D eigenvalue weighted by atomic mass is 16.5. The molecule has 1 aliphatic carbocycles.